The first-order chi connectivity index (χ1) is 9.88. The highest BCUT2D eigenvalue weighted by Crippen LogP contribution is 2.33. The number of nitro benzene ring substituents is 1. The van der Waals surface area contributed by atoms with Gasteiger partial charge in [-0.25, -0.2) is 8.78 Å². The Morgan fingerprint density at radius 3 is 2.48 bits per heavy atom. The molecule has 2 aromatic rings. The van der Waals surface area contributed by atoms with Gasteiger partial charge < -0.3 is 4.74 Å². The molecular formula is C13H7Br2F2NO3. The van der Waals surface area contributed by atoms with E-state index in [0.29, 0.717) is 10.0 Å². The molecule has 0 fully saturated rings. The Kier molecular flexibility index (Phi) is 4.89. The maximum absolute atomic E-state index is 13.5. The van der Waals surface area contributed by atoms with E-state index in [2.05, 4.69) is 31.9 Å². The number of rotatable bonds is 4. The molecule has 0 bridgehead atoms. The zero-order valence-electron chi connectivity index (χ0n) is 10.3. The Hall–Kier alpha value is -1.54. The highest BCUT2D eigenvalue weighted by atomic mass is 79.9. The lowest BCUT2D eigenvalue weighted by atomic mass is 10.2. The number of nitro groups is 1. The molecular weight excluding hydrogens is 416 g/mol. The molecule has 2 aromatic carbocycles. The smallest absolute Gasteiger partial charge is 0.312 e. The molecule has 2 rings (SSSR count). The molecule has 0 unspecified atom stereocenters. The van der Waals surface area contributed by atoms with Gasteiger partial charge in [-0.15, -0.1) is 0 Å². The van der Waals surface area contributed by atoms with Crippen molar-refractivity contribution in [1.82, 2.24) is 0 Å². The molecule has 21 heavy (non-hydrogen) atoms. The summed E-state index contributed by atoms with van der Waals surface area (Å²) < 4.78 is 32.2. The molecule has 0 radical (unpaired) electrons. The molecule has 0 aliphatic heterocycles. The summed E-state index contributed by atoms with van der Waals surface area (Å²) in [6, 6.07) is 5.92. The van der Waals surface area contributed by atoms with Crippen molar-refractivity contribution in [2.24, 2.45) is 0 Å². The maximum atomic E-state index is 13.5. The Bertz CT molecular complexity index is 710. The van der Waals surface area contributed by atoms with Crippen LogP contribution in [0.5, 0.6) is 5.75 Å². The van der Waals surface area contributed by atoms with Crippen molar-refractivity contribution < 1.29 is 18.4 Å². The van der Waals surface area contributed by atoms with Crippen LogP contribution in [-0.4, -0.2) is 4.92 Å². The predicted octanol–water partition coefficient (Wildman–Crippen LogP) is 4.98. The average Bonchev–Trinajstić information content (AvgIpc) is 2.41. The van der Waals surface area contributed by atoms with Crippen molar-refractivity contribution in [3.05, 3.63) is 66.6 Å². The minimum absolute atomic E-state index is 0.0236. The molecule has 8 heteroatoms. The second-order valence-corrected chi connectivity index (χ2v) is 5.72. The summed E-state index contributed by atoms with van der Waals surface area (Å²) in [5.41, 5.74) is 0.218. The zero-order valence-corrected chi connectivity index (χ0v) is 13.4. The van der Waals surface area contributed by atoms with Crippen molar-refractivity contribution in [1.29, 1.82) is 0 Å². The number of hydrogen-bond donors (Lipinski definition) is 0. The molecule has 0 amide bonds. The van der Waals surface area contributed by atoms with Gasteiger partial charge in [0.2, 0.25) is 0 Å². The van der Waals surface area contributed by atoms with Crippen LogP contribution in [0.3, 0.4) is 0 Å². The summed E-state index contributed by atoms with van der Waals surface area (Å²) >= 11 is 6.04. The molecule has 0 aliphatic carbocycles. The number of benzene rings is 2. The van der Waals surface area contributed by atoms with Crippen molar-refractivity contribution in [3.8, 4) is 5.75 Å². The van der Waals surface area contributed by atoms with Crippen LogP contribution in [-0.2, 0) is 6.61 Å². The summed E-state index contributed by atoms with van der Waals surface area (Å²) in [6.45, 7) is -0.0667. The maximum Gasteiger partial charge on any atom is 0.312 e. The van der Waals surface area contributed by atoms with Crippen LogP contribution in [0, 0.1) is 21.7 Å². The van der Waals surface area contributed by atoms with Gasteiger partial charge >= 0.3 is 5.69 Å². The Balaban J connectivity index is 2.27. The first-order valence-electron chi connectivity index (χ1n) is 5.58. The lowest BCUT2D eigenvalue weighted by molar-refractivity contribution is -0.386. The minimum atomic E-state index is -0.672. The van der Waals surface area contributed by atoms with Crippen LogP contribution < -0.4 is 4.74 Å². The number of nitrogens with zero attached hydrogens (tertiary/aromatic N) is 1. The van der Waals surface area contributed by atoms with Crippen molar-refractivity contribution >= 4 is 37.5 Å². The standard InChI is InChI=1S/C13H7Br2F2NO3/c14-9-3-8(16)2-1-7(9)6-21-13-5-11(17)10(15)4-12(13)18(19)20/h1-5H,6H2. The normalized spacial score (nSPS) is 10.5. The third-order valence-corrected chi connectivity index (χ3v) is 3.94. The van der Waals surface area contributed by atoms with E-state index in [9.17, 15) is 18.9 Å². The van der Waals surface area contributed by atoms with Crippen molar-refractivity contribution in [2.75, 3.05) is 0 Å². The summed E-state index contributed by atoms with van der Waals surface area (Å²) in [7, 11) is 0. The molecule has 4 nitrogen and oxygen atoms in total. The quantitative estimate of drug-likeness (QED) is 0.515. The summed E-state index contributed by atoms with van der Waals surface area (Å²) in [4.78, 5) is 10.3. The monoisotopic (exact) mass is 421 g/mol. The number of hydrogen-bond acceptors (Lipinski definition) is 3. The minimum Gasteiger partial charge on any atom is -0.482 e. The van der Waals surface area contributed by atoms with Gasteiger partial charge in [0, 0.05) is 22.2 Å². The Morgan fingerprint density at radius 2 is 1.86 bits per heavy atom. The number of halogens is 4. The van der Waals surface area contributed by atoms with Gasteiger partial charge in [-0.3, -0.25) is 10.1 Å². The van der Waals surface area contributed by atoms with Crippen LogP contribution in [0.1, 0.15) is 5.56 Å². The molecule has 0 aliphatic rings. The van der Waals surface area contributed by atoms with E-state index in [0.717, 1.165) is 12.1 Å². The van der Waals surface area contributed by atoms with Gasteiger partial charge in [0.15, 0.2) is 5.75 Å². The van der Waals surface area contributed by atoms with E-state index in [1.807, 2.05) is 0 Å². The second kappa shape index (κ2) is 6.48. The Morgan fingerprint density at radius 1 is 1.14 bits per heavy atom. The highest BCUT2D eigenvalue weighted by Gasteiger charge is 2.19. The lowest BCUT2D eigenvalue weighted by Crippen LogP contribution is -2.01. The third-order valence-electron chi connectivity index (χ3n) is 2.60. The molecule has 0 aromatic heterocycles. The van der Waals surface area contributed by atoms with E-state index >= 15 is 0 Å². The fourth-order valence-electron chi connectivity index (χ4n) is 1.57. The van der Waals surface area contributed by atoms with Crippen LogP contribution >= 0.6 is 31.9 Å². The van der Waals surface area contributed by atoms with Crippen molar-refractivity contribution in [2.45, 2.75) is 6.61 Å². The van der Waals surface area contributed by atoms with Crippen LogP contribution in [0.25, 0.3) is 0 Å². The summed E-state index contributed by atoms with van der Waals surface area (Å²) in [5, 5.41) is 10.9. The molecule has 0 heterocycles. The first kappa shape index (κ1) is 15.8. The molecule has 0 spiro atoms. The third kappa shape index (κ3) is 3.76. The fraction of sp³-hybridized carbons (Fsp3) is 0.0769. The number of ether oxygens (including phenoxy) is 1. The van der Waals surface area contributed by atoms with Gasteiger partial charge in [0.1, 0.15) is 18.2 Å². The topological polar surface area (TPSA) is 52.4 Å². The lowest BCUT2D eigenvalue weighted by Gasteiger charge is -2.09. The van der Waals surface area contributed by atoms with Crippen molar-refractivity contribution in [3.63, 3.8) is 0 Å². The average molecular weight is 423 g/mol. The zero-order chi connectivity index (χ0) is 15.6. The van der Waals surface area contributed by atoms with E-state index < -0.39 is 16.6 Å². The fourth-order valence-corrected chi connectivity index (χ4v) is 2.37. The second-order valence-electron chi connectivity index (χ2n) is 4.02. The largest absolute Gasteiger partial charge is 0.482 e. The van der Waals surface area contributed by atoms with Gasteiger partial charge in [0.05, 0.1) is 9.40 Å². The highest BCUT2D eigenvalue weighted by molar-refractivity contribution is 9.10. The van der Waals surface area contributed by atoms with E-state index in [4.69, 9.17) is 4.74 Å². The molecule has 0 atom stereocenters. The first-order valence-corrected chi connectivity index (χ1v) is 7.17. The SMILES string of the molecule is O=[N+]([O-])c1cc(Br)c(F)cc1OCc1ccc(F)cc1Br. The van der Waals surface area contributed by atoms with E-state index in [1.165, 1.54) is 18.2 Å². The molecule has 0 N–H and O–H groups in total. The van der Waals surface area contributed by atoms with Gasteiger partial charge in [-0.1, -0.05) is 22.0 Å². The van der Waals surface area contributed by atoms with Gasteiger partial charge in [0.25, 0.3) is 0 Å². The van der Waals surface area contributed by atoms with Gasteiger partial charge in [-0.05, 0) is 28.1 Å². The van der Waals surface area contributed by atoms with E-state index in [-0.39, 0.29) is 22.5 Å². The molecule has 0 saturated heterocycles. The van der Waals surface area contributed by atoms with E-state index in [1.54, 1.807) is 0 Å². The molecule has 110 valence electrons. The van der Waals surface area contributed by atoms with Crippen LogP contribution in [0.15, 0.2) is 39.3 Å². The predicted molar refractivity (Wildman–Crippen MR) is 79.2 cm³/mol. The Labute approximate surface area is 135 Å². The van der Waals surface area contributed by atoms with Gasteiger partial charge in [-0.2, -0.15) is 0 Å². The summed E-state index contributed by atoms with van der Waals surface area (Å²) in [5.74, 6) is -1.29. The van der Waals surface area contributed by atoms with Crippen LogP contribution in [0.2, 0.25) is 0 Å². The molecule has 0 saturated carbocycles. The summed E-state index contributed by atoms with van der Waals surface area (Å²) in [6.07, 6.45) is 0. The van der Waals surface area contributed by atoms with Crippen LogP contribution in [0.4, 0.5) is 14.5 Å².